The quantitative estimate of drug-likeness (QED) is 0.933. The van der Waals surface area contributed by atoms with E-state index >= 15 is 0 Å². The number of aromatic carboxylic acids is 1. The van der Waals surface area contributed by atoms with Gasteiger partial charge in [0.15, 0.2) is 0 Å². The third kappa shape index (κ3) is 2.56. The van der Waals surface area contributed by atoms with E-state index in [1.165, 1.54) is 13.2 Å². The van der Waals surface area contributed by atoms with Crippen molar-refractivity contribution in [3.8, 4) is 22.6 Å². The Kier molecular flexibility index (Phi) is 4.15. The molecule has 1 N–H and O–H groups in total. The van der Waals surface area contributed by atoms with E-state index in [1.807, 2.05) is 0 Å². The zero-order valence-electron chi connectivity index (χ0n) is 11.0. The third-order valence-electron chi connectivity index (χ3n) is 2.91. The van der Waals surface area contributed by atoms with Crippen LogP contribution in [0.2, 0.25) is 5.02 Å². The first-order valence-electron chi connectivity index (χ1n) is 5.82. The summed E-state index contributed by atoms with van der Waals surface area (Å²) in [6.07, 6.45) is 0. The van der Waals surface area contributed by atoms with Crippen molar-refractivity contribution in [2.45, 2.75) is 0 Å². The van der Waals surface area contributed by atoms with Crippen LogP contribution >= 0.6 is 11.6 Å². The molecule has 0 saturated carbocycles. The number of rotatable bonds is 4. The largest absolute Gasteiger partial charge is 0.497 e. The molecule has 0 saturated heterocycles. The average Bonchev–Trinajstić information content (AvgIpc) is 2.46. The molecule has 0 fully saturated rings. The first-order chi connectivity index (χ1) is 9.58. The van der Waals surface area contributed by atoms with Crippen LogP contribution in [-0.2, 0) is 0 Å². The SMILES string of the molecule is COc1ccc(Cl)c(-c2cccc(C(=O)O)c2OC)c1. The van der Waals surface area contributed by atoms with Crippen molar-refractivity contribution < 1.29 is 19.4 Å². The lowest BCUT2D eigenvalue weighted by molar-refractivity contribution is 0.0693. The fourth-order valence-corrected chi connectivity index (χ4v) is 2.19. The van der Waals surface area contributed by atoms with Crippen LogP contribution in [0.5, 0.6) is 11.5 Å². The summed E-state index contributed by atoms with van der Waals surface area (Å²) in [5.74, 6) is -0.148. The van der Waals surface area contributed by atoms with E-state index < -0.39 is 5.97 Å². The molecule has 0 aliphatic rings. The molecule has 2 rings (SSSR count). The number of hydrogen-bond acceptors (Lipinski definition) is 3. The highest BCUT2D eigenvalue weighted by Gasteiger charge is 2.17. The average molecular weight is 293 g/mol. The smallest absolute Gasteiger partial charge is 0.339 e. The number of hydrogen-bond donors (Lipinski definition) is 1. The van der Waals surface area contributed by atoms with E-state index in [0.29, 0.717) is 21.9 Å². The van der Waals surface area contributed by atoms with Gasteiger partial charge in [-0.2, -0.15) is 0 Å². The molecule has 0 bridgehead atoms. The highest BCUT2D eigenvalue weighted by molar-refractivity contribution is 6.33. The second-order valence-corrected chi connectivity index (χ2v) is 4.44. The van der Waals surface area contributed by atoms with Gasteiger partial charge in [0.05, 0.1) is 14.2 Å². The number of benzene rings is 2. The fraction of sp³-hybridized carbons (Fsp3) is 0.133. The van der Waals surface area contributed by atoms with Crippen molar-refractivity contribution in [3.05, 3.63) is 47.0 Å². The Morgan fingerprint density at radius 3 is 2.45 bits per heavy atom. The number of ether oxygens (including phenoxy) is 2. The van der Waals surface area contributed by atoms with Crippen molar-refractivity contribution in [2.75, 3.05) is 14.2 Å². The molecule has 20 heavy (non-hydrogen) atoms. The maximum atomic E-state index is 11.2. The minimum Gasteiger partial charge on any atom is -0.497 e. The highest BCUT2D eigenvalue weighted by Crippen LogP contribution is 2.38. The summed E-state index contributed by atoms with van der Waals surface area (Å²) in [5.41, 5.74) is 1.35. The molecular formula is C15H13ClO4. The van der Waals surface area contributed by atoms with Gasteiger partial charge in [-0.3, -0.25) is 0 Å². The van der Waals surface area contributed by atoms with Gasteiger partial charge in [0.2, 0.25) is 0 Å². The number of carboxylic acids is 1. The number of para-hydroxylation sites is 1. The summed E-state index contributed by atoms with van der Waals surface area (Å²) in [4.78, 5) is 11.2. The molecule has 0 radical (unpaired) electrons. The Bertz CT molecular complexity index is 652. The van der Waals surface area contributed by atoms with Crippen LogP contribution in [0.25, 0.3) is 11.1 Å². The molecule has 104 valence electrons. The van der Waals surface area contributed by atoms with Gasteiger partial charge in [0, 0.05) is 16.1 Å². The van der Waals surface area contributed by atoms with Crippen molar-refractivity contribution in [1.29, 1.82) is 0 Å². The molecule has 0 aliphatic heterocycles. The molecule has 5 heteroatoms. The summed E-state index contributed by atoms with van der Waals surface area (Å²) in [6.45, 7) is 0. The Hall–Kier alpha value is -2.20. The Labute approximate surface area is 121 Å². The molecule has 2 aromatic carbocycles. The fourth-order valence-electron chi connectivity index (χ4n) is 1.98. The van der Waals surface area contributed by atoms with Crippen LogP contribution in [0.1, 0.15) is 10.4 Å². The second kappa shape index (κ2) is 5.84. The van der Waals surface area contributed by atoms with E-state index in [9.17, 15) is 9.90 Å². The molecule has 0 heterocycles. The molecule has 0 spiro atoms. The minimum absolute atomic E-state index is 0.0869. The van der Waals surface area contributed by atoms with Crippen molar-refractivity contribution in [2.24, 2.45) is 0 Å². The Balaban J connectivity index is 2.69. The molecule has 0 amide bonds. The summed E-state index contributed by atoms with van der Waals surface area (Å²) in [7, 11) is 2.98. The van der Waals surface area contributed by atoms with Crippen molar-refractivity contribution in [3.63, 3.8) is 0 Å². The third-order valence-corrected chi connectivity index (χ3v) is 3.24. The molecule has 4 nitrogen and oxygen atoms in total. The van der Waals surface area contributed by atoms with Crippen molar-refractivity contribution in [1.82, 2.24) is 0 Å². The molecular weight excluding hydrogens is 280 g/mol. The summed E-state index contributed by atoms with van der Waals surface area (Å²) < 4.78 is 10.4. The maximum Gasteiger partial charge on any atom is 0.339 e. The lowest BCUT2D eigenvalue weighted by Crippen LogP contribution is -2.02. The molecule has 2 aromatic rings. The second-order valence-electron chi connectivity index (χ2n) is 4.04. The van der Waals surface area contributed by atoms with Crippen LogP contribution in [0.15, 0.2) is 36.4 Å². The lowest BCUT2D eigenvalue weighted by Gasteiger charge is -2.13. The van der Waals surface area contributed by atoms with Gasteiger partial charge in [-0.25, -0.2) is 4.79 Å². The molecule has 0 aromatic heterocycles. The van der Waals surface area contributed by atoms with Crippen LogP contribution in [-0.4, -0.2) is 25.3 Å². The molecule has 0 atom stereocenters. The monoisotopic (exact) mass is 292 g/mol. The van der Waals surface area contributed by atoms with Gasteiger partial charge in [-0.15, -0.1) is 0 Å². The predicted octanol–water partition coefficient (Wildman–Crippen LogP) is 3.72. The lowest BCUT2D eigenvalue weighted by atomic mass is 10.0. The summed E-state index contributed by atoms with van der Waals surface area (Å²) in [6, 6.07) is 10.1. The molecule has 0 unspecified atom stereocenters. The summed E-state index contributed by atoms with van der Waals surface area (Å²) >= 11 is 6.19. The van der Waals surface area contributed by atoms with Crippen molar-refractivity contribution >= 4 is 17.6 Å². The highest BCUT2D eigenvalue weighted by atomic mass is 35.5. The first kappa shape index (κ1) is 14.2. The van der Waals surface area contributed by atoms with Gasteiger partial charge in [-0.05, 0) is 24.3 Å². The van der Waals surface area contributed by atoms with Gasteiger partial charge >= 0.3 is 5.97 Å². The van der Waals surface area contributed by atoms with Crippen LogP contribution in [0.3, 0.4) is 0 Å². The number of halogens is 1. The number of carbonyl (C=O) groups is 1. The van der Waals surface area contributed by atoms with Crippen LogP contribution in [0.4, 0.5) is 0 Å². The number of carboxylic acid groups (broad SMARTS) is 1. The predicted molar refractivity (Wildman–Crippen MR) is 77.0 cm³/mol. The van der Waals surface area contributed by atoms with Crippen LogP contribution < -0.4 is 9.47 Å². The Morgan fingerprint density at radius 1 is 1.10 bits per heavy atom. The first-order valence-corrected chi connectivity index (χ1v) is 6.20. The summed E-state index contributed by atoms with van der Waals surface area (Å²) in [5, 5.41) is 9.69. The van der Waals surface area contributed by atoms with E-state index in [0.717, 1.165) is 0 Å². The maximum absolute atomic E-state index is 11.2. The Morgan fingerprint density at radius 2 is 1.85 bits per heavy atom. The zero-order chi connectivity index (χ0) is 14.7. The van der Waals surface area contributed by atoms with E-state index in [2.05, 4.69) is 0 Å². The normalized spacial score (nSPS) is 10.2. The standard InChI is InChI=1S/C15H13ClO4/c1-19-9-6-7-13(16)12(8-9)10-4-3-5-11(15(17)18)14(10)20-2/h3-8H,1-2H3,(H,17,18). The van der Waals surface area contributed by atoms with Gasteiger partial charge < -0.3 is 14.6 Å². The van der Waals surface area contributed by atoms with E-state index in [-0.39, 0.29) is 11.3 Å². The van der Waals surface area contributed by atoms with E-state index in [4.69, 9.17) is 21.1 Å². The van der Waals surface area contributed by atoms with E-state index in [1.54, 1.807) is 37.4 Å². The minimum atomic E-state index is -1.05. The zero-order valence-corrected chi connectivity index (χ0v) is 11.8. The van der Waals surface area contributed by atoms with Crippen LogP contribution in [0, 0.1) is 0 Å². The molecule has 0 aliphatic carbocycles. The van der Waals surface area contributed by atoms with Gasteiger partial charge in [-0.1, -0.05) is 23.7 Å². The number of methoxy groups -OCH3 is 2. The topological polar surface area (TPSA) is 55.8 Å². The van der Waals surface area contributed by atoms with Gasteiger partial charge in [0.1, 0.15) is 17.1 Å². The van der Waals surface area contributed by atoms with Gasteiger partial charge in [0.25, 0.3) is 0 Å².